The Kier molecular flexibility index (Phi) is 5.71. The van der Waals surface area contributed by atoms with Gasteiger partial charge in [-0.05, 0) is 24.1 Å². The number of carboxylic acid groups (broad SMARTS) is 1. The number of methoxy groups -OCH3 is 3. The minimum absolute atomic E-state index is 0.0900. The van der Waals surface area contributed by atoms with Crippen molar-refractivity contribution in [2.24, 2.45) is 5.73 Å². The number of H-pyrrole nitrogens is 1. The van der Waals surface area contributed by atoms with Crippen molar-refractivity contribution >= 4 is 5.97 Å². The van der Waals surface area contributed by atoms with E-state index in [-0.39, 0.29) is 12.2 Å². The molecule has 25 heavy (non-hydrogen) atoms. The summed E-state index contributed by atoms with van der Waals surface area (Å²) in [6.07, 6.45) is 2.01. The second kappa shape index (κ2) is 7.76. The van der Waals surface area contributed by atoms with E-state index in [0.29, 0.717) is 46.1 Å². The average Bonchev–Trinajstić information content (AvgIpc) is 2.99. The van der Waals surface area contributed by atoms with Gasteiger partial charge in [0, 0.05) is 23.4 Å². The molecule has 0 fully saturated rings. The van der Waals surface area contributed by atoms with Gasteiger partial charge < -0.3 is 30.0 Å². The SMILES string of the molecule is C=CCc1c(C(=O)O)[nH]c(CN)c1-c1ccc(OC)c(OC)c1OC. The van der Waals surface area contributed by atoms with Crippen molar-refractivity contribution in [1.82, 2.24) is 4.98 Å². The normalized spacial score (nSPS) is 10.4. The molecule has 0 saturated heterocycles. The Labute approximate surface area is 146 Å². The van der Waals surface area contributed by atoms with Crippen LogP contribution >= 0.6 is 0 Å². The maximum absolute atomic E-state index is 11.6. The van der Waals surface area contributed by atoms with E-state index in [1.165, 1.54) is 21.3 Å². The number of carbonyl (C=O) groups is 1. The molecule has 0 amide bonds. The number of aromatic amines is 1. The summed E-state index contributed by atoms with van der Waals surface area (Å²) in [6, 6.07) is 3.53. The lowest BCUT2D eigenvalue weighted by Crippen LogP contribution is -2.02. The quantitative estimate of drug-likeness (QED) is 0.634. The molecule has 0 atom stereocenters. The Hall–Kier alpha value is -2.93. The largest absolute Gasteiger partial charge is 0.493 e. The van der Waals surface area contributed by atoms with E-state index in [1.807, 2.05) is 0 Å². The van der Waals surface area contributed by atoms with Crippen LogP contribution in [0.4, 0.5) is 0 Å². The second-order valence-corrected chi connectivity index (χ2v) is 5.22. The molecule has 7 heteroatoms. The molecule has 1 aromatic heterocycles. The molecule has 1 heterocycles. The minimum atomic E-state index is -1.06. The van der Waals surface area contributed by atoms with Gasteiger partial charge in [-0.25, -0.2) is 4.79 Å². The Morgan fingerprint density at radius 3 is 2.40 bits per heavy atom. The number of hydrogen-bond acceptors (Lipinski definition) is 5. The number of ether oxygens (including phenoxy) is 3. The maximum Gasteiger partial charge on any atom is 0.352 e. The van der Waals surface area contributed by atoms with Gasteiger partial charge >= 0.3 is 5.97 Å². The van der Waals surface area contributed by atoms with E-state index < -0.39 is 5.97 Å². The summed E-state index contributed by atoms with van der Waals surface area (Å²) < 4.78 is 16.3. The molecule has 0 bridgehead atoms. The fourth-order valence-electron chi connectivity index (χ4n) is 2.90. The number of rotatable bonds is 8. The number of aromatic carboxylic acids is 1. The summed E-state index contributed by atoms with van der Waals surface area (Å²) in [5, 5.41) is 9.50. The molecule has 0 spiro atoms. The highest BCUT2D eigenvalue weighted by Crippen LogP contribution is 2.46. The van der Waals surface area contributed by atoms with Crippen LogP contribution in [0.15, 0.2) is 24.8 Å². The van der Waals surface area contributed by atoms with Gasteiger partial charge in [-0.1, -0.05) is 6.08 Å². The standard InChI is InChI=1S/C18H22N2O5/c1-5-6-10-14(12(9-19)20-15(10)18(21)22)11-7-8-13(23-2)17(25-4)16(11)24-3/h5,7-8,20H,1,6,9,19H2,2-4H3,(H,21,22). The predicted molar refractivity (Wildman–Crippen MR) is 94.6 cm³/mol. The molecule has 0 aliphatic rings. The van der Waals surface area contributed by atoms with E-state index in [1.54, 1.807) is 18.2 Å². The fourth-order valence-corrected chi connectivity index (χ4v) is 2.90. The lowest BCUT2D eigenvalue weighted by Gasteiger charge is -2.17. The first-order valence-electron chi connectivity index (χ1n) is 7.61. The van der Waals surface area contributed by atoms with Gasteiger partial charge in [-0.2, -0.15) is 0 Å². The van der Waals surface area contributed by atoms with Gasteiger partial charge in [0.2, 0.25) is 5.75 Å². The van der Waals surface area contributed by atoms with E-state index in [4.69, 9.17) is 19.9 Å². The zero-order valence-electron chi connectivity index (χ0n) is 14.5. The van der Waals surface area contributed by atoms with Crippen LogP contribution in [-0.2, 0) is 13.0 Å². The van der Waals surface area contributed by atoms with Crippen LogP contribution < -0.4 is 19.9 Å². The zero-order valence-corrected chi connectivity index (χ0v) is 14.5. The molecule has 0 saturated carbocycles. The number of benzene rings is 1. The molecule has 2 aromatic rings. The van der Waals surface area contributed by atoms with Crippen LogP contribution in [0.25, 0.3) is 11.1 Å². The van der Waals surface area contributed by atoms with Crippen LogP contribution in [0, 0.1) is 0 Å². The summed E-state index contributed by atoms with van der Waals surface area (Å²) in [4.78, 5) is 14.5. The van der Waals surface area contributed by atoms with Crippen molar-refractivity contribution in [3.8, 4) is 28.4 Å². The highest BCUT2D eigenvalue weighted by atomic mass is 16.5. The number of nitrogens with two attached hydrogens (primary N) is 1. The predicted octanol–water partition coefficient (Wildman–Crippen LogP) is 2.59. The maximum atomic E-state index is 11.6. The Morgan fingerprint density at radius 2 is 1.92 bits per heavy atom. The van der Waals surface area contributed by atoms with Crippen molar-refractivity contribution in [3.05, 3.63) is 41.7 Å². The van der Waals surface area contributed by atoms with Gasteiger partial charge in [0.25, 0.3) is 0 Å². The molecule has 7 nitrogen and oxygen atoms in total. The smallest absolute Gasteiger partial charge is 0.352 e. The molecule has 4 N–H and O–H groups in total. The molecular weight excluding hydrogens is 324 g/mol. The summed E-state index contributed by atoms with van der Waals surface area (Å²) >= 11 is 0. The van der Waals surface area contributed by atoms with Gasteiger partial charge in [0.15, 0.2) is 11.5 Å². The van der Waals surface area contributed by atoms with Crippen molar-refractivity contribution in [2.45, 2.75) is 13.0 Å². The average molecular weight is 346 g/mol. The first-order valence-corrected chi connectivity index (χ1v) is 7.61. The minimum Gasteiger partial charge on any atom is -0.493 e. The van der Waals surface area contributed by atoms with Crippen LogP contribution in [0.2, 0.25) is 0 Å². The van der Waals surface area contributed by atoms with E-state index in [2.05, 4.69) is 11.6 Å². The van der Waals surface area contributed by atoms with E-state index >= 15 is 0 Å². The first kappa shape index (κ1) is 18.4. The molecule has 0 radical (unpaired) electrons. The van der Waals surface area contributed by atoms with Crippen molar-refractivity contribution in [2.75, 3.05) is 21.3 Å². The number of hydrogen-bond donors (Lipinski definition) is 3. The van der Waals surface area contributed by atoms with Crippen LogP contribution in [0.5, 0.6) is 17.2 Å². The van der Waals surface area contributed by atoms with E-state index in [9.17, 15) is 9.90 Å². The molecule has 1 aromatic carbocycles. The number of allylic oxidation sites excluding steroid dienone is 1. The highest BCUT2D eigenvalue weighted by Gasteiger charge is 2.26. The third-order valence-electron chi connectivity index (χ3n) is 3.92. The summed E-state index contributed by atoms with van der Waals surface area (Å²) in [5.41, 5.74) is 8.46. The zero-order chi connectivity index (χ0) is 18.6. The van der Waals surface area contributed by atoms with Crippen molar-refractivity contribution in [3.63, 3.8) is 0 Å². The van der Waals surface area contributed by atoms with Gasteiger partial charge in [0.1, 0.15) is 5.69 Å². The molecule has 0 unspecified atom stereocenters. The number of carboxylic acids is 1. The number of aromatic nitrogens is 1. The third-order valence-corrected chi connectivity index (χ3v) is 3.92. The third kappa shape index (κ3) is 3.18. The monoisotopic (exact) mass is 346 g/mol. The molecule has 2 rings (SSSR count). The van der Waals surface area contributed by atoms with Crippen LogP contribution in [0.3, 0.4) is 0 Å². The van der Waals surface area contributed by atoms with Gasteiger partial charge in [-0.3, -0.25) is 0 Å². The molecule has 0 aliphatic carbocycles. The topological polar surface area (TPSA) is 107 Å². The Bertz CT molecular complexity index is 795. The van der Waals surface area contributed by atoms with Crippen molar-refractivity contribution < 1.29 is 24.1 Å². The summed E-state index contributed by atoms with van der Waals surface area (Å²) in [7, 11) is 4.56. The lowest BCUT2D eigenvalue weighted by atomic mass is 9.96. The van der Waals surface area contributed by atoms with Crippen LogP contribution in [0.1, 0.15) is 21.7 Å². The fraction of sp³-hybridized carbons (Fsp3) is 0.278. The highest BCUT2D eigenvalue weighted by molar-refractivity contribution is 5.93. The van der Waals surface area contributed by atoms with E-state index in [0.717, 1.165) is 0 Å². The van der Waals surface area contributed by atoms with Gasteiger partial charge in [-0.15, -0.1) is 6.58 Å². The second-order valence-electron chi connectivity index (χ2n) is 5.22. The summed E-state index contributed by atoms with van der Waals surface area (Å²) in [5.74, 6) is 0.319. The molecule has 0 aliphatic heterocycles. The molecular formula is C18H22N2O5. The number of nitrogens with one attached hydrogen (secondary N) is 1. The van der Waals surface area contributed by atoms with Gasteiger partial charge in [0.05, 0.1) is 21.3 Å². The Balaban J connectivity index is 2.85. The Morgan fingerprint density at radius 1 is 1.24 bits per heavy atom. The molecule has 134 valence electrons. The lowest BCUT2D eigenvalue weighted by molar-refractivity contribution is 0.0690. The summed E-state index contributed by atoms with van der Waals surface area (Å²) in [6.45, 7) is 3.86. The first-order chi connectivity index (χ1) is 12.0. The van der Waals surface area contributed by atoms with Crippen molar-refractivity contribution in [1.29, 1.82) is 0 Å². The van der Waals surface area contributed by atoms with Crippen LogP contribution in [-0.4, -0.2) is 37.4 Å².